The van der Waals surface area contributed by atoms with Gasteiger partial charge in [0.25, 0.3) is 0 Å². The number of halogens is 4. The van der Waals surface area contributed by atoms with Crippen LogP contribution in [-0.2, 0) is 22.7 Å². The number of para-hydroxylation sites is 1. The van der Waals surface area contributed by atoms with Gasteiger partial charge in [-0.3, -0.25) is 4.98 Å². The van der Waals surface area contributed by atoms with Crippen LogP contribution in [0.3, 0.4) is 0 Å². The number of alkyl halides is 3. The lowest BCUT2D eigenvalue weighted by molar-refractivity contribution is -0.137. The molecule has 4 nitrogen and oxygen atoms in total. The predicted molar refractivity (Wildman–Crippen MR) is 92.2 cm³/mol. The lowest BCUT2D eigenvalue weighted by atomic mass is 10.1. The van der Waals surface area contributed by atoms with E-state index in [1.807, 2.05) is 12.1 Å². The second-order valence-electron chi connectivity index (χ2n) is 5.46. The van der Waals surface area contributed by atoms with Gasteiger partial charge in [-0.1, -0.05) is 35.9 Å². The van der Waals surface area contributed by atoms with Crippen molar-refractivity contribution in [1.29, 1.82) is 0 Å². The van der Waals surface area contributed by atoms with Crippen molar-refractivity contribution in [3.63, 3.8) is 0 Å². The summed E-state index contributed by atoms with van der Waals surface area (Å²) >= 11 is 5.81. The maximum absolute atomic E-state index is 12.8. The Morgan fingerprint density at radius 1 is 1.08 bits per heavy atom. The Bertz CT molecular complexity index is 1060. The van der Waals surface area contributed by atoms with Crippen molar-refractivity contribution < 1.29 is 21.6 Å². The first-order chi connectivity index (χ1) is 12.2. The van der Waals surface area contributed by atoms with Crippen molar-refractivity contribution >= 4 is 32.5 Å². The Labute approximate surface area is 152 Å². The SMILES string of the molecule is O=S(=O)(NCc1cccc2cccnc12)c1cc(C(F)(F)F)ccc1Cl. The first kappa shape index (κ1) is 18.6. The Morgan fingerprint density at radius 3 is 2.54 bits per heavy atom. The van der Waals surface area contributed by atoms with E-state index in [9.17, 15) is 21.6 Å². The zero-order valence-electron chi connectivity index (χ0n) is 13.1. The molecule has 0 bridgehead atoms. The zero-order chi connectivity index (χ0) is 18.9. The van der Waals surface area contributed by atoms with Crippen LogP contribution in [0.1, 0.15) is 11.1 Å². The Hall–Kier alpha value is -2.16. The van der Waals surface area contributed by atoms with E-state index >= 15 is 0 Å². The second-order valence-corrected chi connectivity index (χ2v) is 7.60. The summed E-state index contributed by atoms with van der Waals surface area (Å²) in [6.07, 6.45) is -3.10. The smallest absolute Gasteiger partial charge is 0.256 e. The van der Waals surface area contributed by atoms with Crippen molar-refractivity contribution in [3.8, 4) is 0 Å². The number of nitrogens with one attached hydrogen (secondary N) is 1. The minimum atomic E-state index is -4.67. The number of rotatable bonds is 4. The molecule has 0 spiro atoms. The van der Waals surface area contributed by atoms with Gasteiger partial charge in [-0.05, 0) is 29.8 Å². The van der Waals surface area contributed by atoms with Crippen LogP contribution in [0.15, 0.2) is 59.6 Å². The second kappa shape index (κ2) is 6.86. The highest BCUT2D eigenvalue weighted by atomic mass is 35.5. The molecule has 2 aromatic carbocycles. The number of benzene rings is 2. The topological polar surface area (TPSA) is 59.1 Å². The summed E-state index contributed by atoms with van der Waals surface area (Å²) in [5.74, 6) is 0. The van der Waals surface area contributed by atoms with Gasteiger partial charge in [0.2, 0.25) is 10.0 Å². The number of hydrogen-bond acceptors (Lipinski definition) is 3. The average Bonchev–Trinajstić information content (AvgIpc) is 2.59. The molecule has 0 unspecified atom stereocenters. The Kier molecular flexibility index (Phi) is 4.92. The van der Waals surface area contributed by atoms with Crippen LogP contribution in [0.25, 0.3) is 10.9 Å². The van der Waals surface area contributed by atoms with E-state index in [1.54, 1.807) is 24.4 Å². The van der Waals surface area contributed by atoms with Gasteiger partial charge in [0.05, 0.1) is 16.1 Å². The average molecular weight is 401 g/mol. The highest BCUT2D eigenvalue weighted by Gasteiger charge is 2.32. The van der Waals surface area contributed by atoms with E-state index in [2.05, 4.69) is 9.71 Å². The summed E-state index contributed by atoms with van der Waals surface area (Å²) in [5, 5.41) is 0.530. The van der Waals surface area contributed by atoms with Crippen molar-refractivity contribution in [3.05, 3.63) is 70.9 Å². The van der Waals surface area contributed by atoms with E-state index < -0.39 is 26.7 Å². The molecule has 3 rings (SSSR count). The molecule has 0 aliphatic carbocycles. The van der Waals surface area contributed by atoms with Crippen LogP contribution in [0.4, 0.5) is 13.2 Å². The summed E-state index contributed by atoms with van der Waals surface area (Å²) in [6.45, 7) is -0.136. The Balaban J connectivity index is 1.92. The van der Waals surface area contributed by atoms with Crippen LogP contribution >= 0.6 is 11.6 Å². The summed E-state index contributed by atoms with van der Waals surface area (Å²) in [4.78, 5) is 3.59. The minimum Gasteiger partial charge on any atom is -0.256 e. The number of nitrogens with zero attached hydrogens (tertiary/aromatic N) is 1. The summed E-state index contributed by atoms with van der Waals surface area (Å²) in [7, 11) is -4.25. The number of aromatic nitrogens is 1. The van der Waals surface area contributed by atoms with Gasteiger partial charge in [-0.2, -0.15) is 13.2 Å². The monoisotopic (exact) mass is 400 g/mol. The quantitative estimate of drug-likeness (QED) is 0.706. The van der Waals surface area contributed by atoms with Crippen LogP contribution in [0.2, 0.25) is 5.02 Å². The number of sulfonamides is 1. The first-order valence-corrected chi connectivity index (χ1v) is 9.23. The highest BCUT2D eigenvalue weighted by molar-refractivity contribution is 7.89. The van der Waals surface area contributed by atoms with Gasteiger partial charge in [0.15, 0.2) is 0 Å². The summed E-state index contributed by atoms with van der Waals surface area (Å²) in [6, 6.07) is 11.0. The molecule has 26 heavy (non-hydrogen) atoms. The van der Waals surface area contributed by atoms with Crippen molar-refractivity contribution in [2.75, 3.05) is 0 Å². The maximum atomic E-state index is 12.8. The third-order valence-electron chi connectivity index (χ3n) is 3.72. The van der Waals surface area contributed by atoms with Crippen LogP contribution in [0, 0.1) is 0 Å². The van der Waals surface area contributed by atoms with E-state index in [4.69, 9.17) is 11.6 Å². The van der Waals surface area contributed by atoms with Gasteiger partial charge in [-0.25, -0.2) is 13.1 Å². The molecule has 1 aromatic heterocycles. The van der Waals surface area contributed by atoms with Crippen LogP contribution in [0.5, 0.6) is 0 Å². The first-order valence-electron chi connectivity index (χ1n) is 7.37. The number of hydrogen-bond donors (Lipinski definition) is 1. The third-order valence-corrected chi connectivity index (χ3v) is 5.60. The van der Waals surface area contributed by atoms with Gasteiger partial charge in [0, 0.05) is 18.1 Å². The molecule has 0 atom stereocenters. The van der Waals surface area contributed by atoms with Crippen LogP contribution in [-0.4, -0.2) is 13.4 Å². The van der Waals surface area contributed by atoms with E-state index in [-0.39, 0.29) is 11.6 Å². The molecule has 0 aliphatic heterocycles. The fraction of sp³-hybridized carbons (Fsp3) is 0.118. The third kappa shape index (κ3) is 3.82. The lowest BCUT2D eigenvalue weighted by Gasteiger charge is -2.12. The molecule has 136 valence electrons. The van der Waals surface area contributed by atoms with Gasteiger partial charge >= 0.3 is 6.18 Å². The molecule has 0 amide bonds. The highest BCUT2D eigenvalue weighted by Crippen LogP contribution is 2.33. The molecular weight excluding hydrogens is 389 g/mol. The molecule has 0 aliphatic rings. The fourth-order valence-electron chi connectivity index (χ4n) is 2.45. The molecule has 3 aromatic rings. The van der Waals surface area contributed by atoms with Gasteiger partial charge in [0.1, 0.15) is 4.90 Å². The molecule has 0 saturated carbocycles. The molecule has 1 heterocycles. The minimum absolute atomic E-state index is 0.136. The standard InChI is InChI=1S/C17H12ClF3N2O2S/c18-14-7-6-13(17(19,20)21)9-15(14)26(24,25)23-10-12-4-1-3-11-5-2-8-22-16(11)12/h1-9,23H,10H2. The van der Waals surface area contributed by atoms with E-state index in [0.717, 1.165) is 17.5 Å². The Morgan fingerprint density at radius 2 is 1.81 bits per heavy atom. The normalized spacial score (nSPS) is 12.5. The number of pyridine rings is 1. The van der Waals surface area contributed by atoms with Gasteiger partial charge < -0.3 is 0 Å². The van der Waals surface area contributed by atoms with Gasteiger partial charge in [-0.15, -0.1) is 0 Å². The van der Waals surface area contributed by atoms with Crippen LogP contribution < -0.4 is 4.72 Å². The summed E-state index contributed by atoms with van der Waals surface area (Å²) < 4.78 is 65.7. The van der Waals surface area contributed by atoms with E-state index in [1.165, 1.54) is 0 Å². The van der Waals surface area contributed by atoms with Crippen molar-refractivity contribution in [2.45, 2.75) is 17.6 Å². The van der Waals surface area contributed by atoms with Crippen molar-refractivity contribution in [2.24, 2.45) is 0 Å². The summed E-state index contributed by atoms with van der Waals surface area (Å²) in [5.41, 5.74) is 0.108. The molecule has 0 radical (unpaired) electrons. The fourth-order valence-corrected chi connectivity index (χ4v) is 3.98. The van der Waals surface area contributed by atoms with Crippen molar-refractivity contribution in [1.82, 2.24) is 9.71 Å². The zero-order valence-corrected chi connectivity index (χ0v) is 14.7. The number of fused-ring (bicyclic) bond motifs is 1. The molecule has 1 N–H and O–H groups in total. The molecule has 0 saturated heterocycles. The largest absolute Gasteiger partial charge is 0.416 e. The molecule has 0 fully saturated rings. The maximum Gasteiger partial charge on any atom is 0.416 e. The molecular formula is C17H12ClF3N2O2S. The van der Waals surface area contributed by atoms with E-state index in [0.29, 0.717) is 17.1 Å². The predicted octanol–water partition coefficient (Wildman–Crippen LogP) is 4.39. The lowest BCUT2D eigenvalue weighted by Crippen LogP contribution is -2.24. The molecule has 9 heteroatoms.